The van der Waals surface area contributed by atoms with Gasteiger partial charge in [0, 0.05) is 12.5 Å². The number of hydrogen-bond acceptors (Lipinski definition) is 5. The Morgan fingerprint density at radius 2 is 1.93 bits per heavy atom. The number of hydrogen-bond donors (Lipinski definition) is 1. The van der Waals surface area contributed by atoms with Crippen molar-refractivity contribution in [3.63, 3.8) is 0 Å². The molecule has 0 heterocycles. The first-order chi connectivity index (χ1) is 13.0. The first-order valence-electron chi connectivity index (χ1n) is 8.02. The van der Waals surface area contributed by atoms with Crippen LogP contribution in [0.25, 0.3) is 6.08 Å². The molecular weight excluding hydrogens is 353 g/mol. The third-order valence-corrected chi connectivity index (χ3v) is 3.37. The molecule has 27 heavy (non-hydrogen) atoms. The molecule has 0 aliphatic heterocycles. The summed E-state index contributed by atoms with van der Waals surface area (Å²) in [6.07, 6.45) is 3.20. The van der Waals surface area contributed by atoms with Crippen LogP contribution in [0.15, 0.2) is 48.5 Å². The van der Waals surface area contributed by atoms with Crippen LogP contribution in [-0.2, 0) is 4.79 Å². The maximum absolute atomic E-state index is 14.0. The number of nitrogens with zero attached hydrogens (tertiary/aromatic N) is 1. The van der Waals surface area contributed by atoms with Crippen LogP contribution >= 0.6 is 0 Å². The summed E-state index contributed by atoms with van der Waals surface area (Å²) in [5, 5.41) is 17.0. The van der Waals surface area contributed by atoms with Gasteiger partial charge in [-0.15, -0.1) is 0 Å². The van der Waals surface area contributed by atoms with Crippen molar-refractivity contribution in [2.75, 3.05) is 6.61 Å². The second kappa shape index (κ2) is 9.73. The smallest absolute Gasteiger partial charge is 0.343 e. The van der Waals surface area contributed by atoms with E-state index in [9.17, 15) is 14.0 Å². The number of carbonyl (C=O) groups excluding carboxylic acids is 1. The Balaban J connectivity index is 1.98. The Labute approximate surface area is 155 Å². The van der Waals surface area contributed by atoms with Gasteiger partial charge in [-0.1, -0.05) is 12.1 Å². The highest BCUT2D eigenvalue weighted by Crippen LogP contribution is 2.21. The maximum Gasteiger partial charge on any atom is 0.343 e. The highest BCUT2D eigenvalue weighted by molar-refractivity contribution is 5.91. The molecule has 0 unspecified atom stereocenters. The van der Waals surface area contributed by atoms with Gasteiger partial charge in [0.1, 0.15) is 5.75 Å². The zero-order valence-corrected chi connectivity index (χ0v) is 14.2. The molecule has 7 heteroatoms. The lowest BCUT2D eigenvalue weighted by Gasteiger charge is -2.08. The quantitative estimate of drug-likeness (QED) is 0.329. The lowest BCUT2D eigenvalue weighted by molar-refractivity contribution is -0.131. The van der Waals surface area contributed by atoms with Crippen molar-refractivity contribution in [2.24, 2.45) is 0 Å². The predicted octanol–water partition coefficient (Wildman–Crippen LogP) is 3.83. The second-order valence-corrected chi connectivity index (χ2v) is 5.39. The van der Waals surface area contributed by atoms with Crippen LogP contribution in [0.5, 0.6) is 11.5 Å². The Hall–Kier alpha value is -3.66. The summed E-state index contributed by atoms with van der Waals surface area (Å²) in [7, 11) is 0. The van der Waals surface area contributed by atoms with E-state index in [0.717, 1.165) is 12.1 Å². The van der Waals surface area contributed by atoms with Gasteiger partial charge in [-0.3, -0.25) is 0 Å². The average Bonchev–Trinajstić information content (AvgIpc) is 2.65. The van der Waals surface area contributed by atoms with Gasteiger partial charge in [0.15, 0.2) is 11.6 Å². The first kappa shape index (κ1) is 19.7. The number of unbranched alkanes of at least 4 members (excludes halogenated alkanes) is 1. The Bertz CT molecular complexity index is 884. The molecule has 0 atom stereocenters. The van der Waals surface area contributed by atoms with Crippen LogP contribution in [0.1, 0.15) is 28.8 Å². The van der Waals surface area contributed by atoms with E-state index in [4.69, 9.17) is 19.8 Å². The van der Waals surface area contributed by atoms with E-state index in [1.54, 1.807) is 12.1 Å². The van der Waals surface area contributed by atoms with Gasteiger partial charge < -0.3 is 14.6 Å². The number of halogens is 1. The van der Waals surface area contributed by atoms with Gasteiger partial charge in [0.2, 0.25) is 0 Å². The fraction of sp³-hybridized carbons (Fsp3) is 0.150. The third-order valence-electron chi connectivity index (χ3n) is 3.37. The van der Waals surface area contributed by atoms with Gasteiger partial charge in [-0.05, 0) is 48.4 Å². The van der Waals surface area contributed by atoms with Crippen molar-refractivity contribution in [1.29, 1.82) is 5.26 Å². The van der Waals surface area contributed by atoms with Gasteiger partial charge in [0.05, 0.1) is 18.2 Å². The molecule has 2 aromatic carbocycles. The summed E-state index contributed by atoms with van der Waals surface area (Å²) in [5.74, 6) is -2.26. The van der Waals surface area contributed by atoms with Gasteiger partial charge in [-0.2, -0.15) is 5.26 Å². The minimum absolute atomic E-state index is 0.000870. The van der Waals surface area contributed by atoms with Crippen LogP contribution in [0.3, 0.4) is 0 Å². The molecule has 0 saturated carbocycles. The van der Waals surface area contributed by atoms with Crippen LogP contribution in [0, 0.1) is 17.1 Å². The number of benzene rings is 2. The molecule has 138 valence electrons. The van der Waals surface area contributed by atoms with Gasteiger partial charge >= 0.3 is 11.9 Å². The lowest BCUT2D eigenvalue weighted by atomic mass is 10.2. The van der Waals surface area contributed by atoms with E-state index >= 15 is 0 Å². The number of carboxylic acids is 1. The van der Waals surface area contributed by atoms with Crippen molar-refractivity contribution < 1.29 is 28.6 Å². The van der Waals surface area contributed by atoms with Crippen LogP contribution in [0.2, 0.25) is 0 Å². The summed E-state index contributed by atoms with van der Waals surface area (Å²) < 4.78 is 24.4. The number of carbonyl (C=O) groups is 2. The molecular formula is C20H16FNO5. The van der Waals surface area contributed by atoms with E-state index in [1.807, 2.05) is 6.07 Å². The molecule has 0 bridgehead atoms. The van der Waals surface area contributed by atoms with E-state index < -0.39 is 17.8 Å². The fourth-order valence-corrected chi connectivity index (χ4v) is 2.06. The topological polar surface area (TPSA) is 96.6 Å². The lowest BCUT2D eigenvalue weighted by Crippen LogP contribution is -2.09. The summed E-state index contributed by atoms with van der Waals surface area (Å²) in [4.78, 5) is 22.6. The standard InChI is InChI=1S/C20H16FNO5/c21-17-13-15(6-9-18(17)26-12-2-1-11-22)20(25)27-16-7-3-14(4-8-16)5-10-19(23)24/h3-10,13H,1-2,12H2,(H,23,24)/b10-5+. The summed E-state index contributed by atoms with van der Waals surface area (Å²) >= 11 is 0. The zero-order chi connectivity index (χ0) is 19.6. The van der Waals surface area contributed by atoms with Crippen LogP contribution in [-0.4, -0.2) is 23.7 Å². The average molecular weight is 369 g/mol. The minimum Gasteiger partial charge on any atom is -0.490 e. The molecule has 0 amide bonds. The second-order valence-electron chi connectivity index (χ2n) is 5.39. The summed E-state index contributed by atoms with van der Waals surface area (Å²) in [5.41, 5.74) is 0.646. The Kier molecular flexibility index (Phi) is 7.08. The number of aliphatic carboxylic acids is 1. The van der Waals surface area contributed by atoms with Crippen molar-refractivity contribution in [3.05, 3.63) is 65.5 Å². The first-order valence-corrected chi connectivity index (χ1v) is 8.02. The summed E-state index contributed by atoms with van der Waals surface area (Å²) in [6.45, 7) is 0.205. The largest absolute Gasteiger partial charge is 0.490 e. The van der Waals surface area contributed by atoms with E-state index in [2.05, 4.69) is 0 Å². The number of rotatable bonds is 8. The van der Waals surface area contributed by atoms with E-state index in [0.29, 0.717) is 18.4 Å². The predicted molar refractivity (Wildman–Crippen MR) is 94.8 cm³/mol. The minimum atomic E-state index is -1.06. The number of ether oxygens (including phenoxy) is 2. The fourth-order valence-electron chi connectivity index (χ4n) is 2.06. The molecule has 0 spiro atoms. The highest BCUT2D eigenvalue weighted by atomic mass is 19.1. The Morgan fingerprint density at radius 1 is 1.19 bits per heavy atom. The number of esters is 1. The van der Waals surface area contributed by atoms with Gasteiger partial charge in [-0.25, -0.2) is 14.0 Å². The summed E-state index contributed by atoms with van der Waals surface area (Å²) in [6, 6.07) is 11.9. The molecule has 2 rings (SSSR count). The third kappa shape index (κ3) is 6.29. The van der Waals surface area contributed by atoms with Crippen molar-refractivity contribution in [1.82, 2.24) is 0 Å². The van der Waals surface area contributed by atoms with Crippen LogP contribution < -0.4 is 9.47 Å². The maximum atomic E-state index is 14.0. The molecule has 2 aromatic rings. The molecule has 0 fully saturated rings. The van der Waals surface area contributed by atoms with E-state index in [-0.39, 0.29) is 23.7 Å². The van der Waals surface area contributed by atoms with Crippen molar-refractivity contribution in [3.8, 4) is 17.6 Å². The molecule has 0 aromatic heterocycles. The highest BCUT2D eigenvalue weighted by Gasteiger charge is 2.13. The van der Waals surface area contributed by atoms with Crippen LogP contribution in [0.4, 0.5) is 4.39 Å². The molecule has 6 nitrogen and oxygen atoms in total. The molecule has 1 N–H and O–H groups in total. The van der Waals surface area contributed by atoms with E-state index in [1.165, 1.54) is 30.3 Å². The molecule has 0 radical (unpaired) electrons. The molecule has 0 aliphatic rings. The number of nitriles is 1. The normalized spacial score (nSPS) is 10.4. The monoisotopic (exact) mass is 369 g/mol. The molecule has 0 saturated heterocycles. The Morgan fingerprint density at radius 3 is 2.56 bits per heavy atom. The SMILES string of the molecule is N#CCCCOc1ccc(C(=O)Oc2ccc(/C=C/C(=O)O)cc2)cc1F. The van der Waals surface area contributed by atoms with Gasteiger partial charge in [0.25, 0.3) is 0 Å². The van der Waals surface area contributed by atoms with Crippen molar-refractivity contribution >= 4 is 18.0 Å². The number of carboxylic acid groups (broad SMARTS) is 1. The van der Waals surface area contributed by atoms with Crippen molar-refractivity contribution in [2.45, 2.75) is 12.8 Å². The zero-order valence-electron chi connectivity index (χ0n) is 14.2. The molecule has 0 aliphatic carbocycles.